The quantitative estimate of drug-likeness (QED) is 0.457. The van der Waals surface area contributed by atoms with Crippen LogP contribution in [0.3, 0.4) is 0 Å². The number of para-hydroxylation sites is 2. The van der Waals surface area contributed by atoms with Gasteiger partial charge in [0.15, 0.2) is 0 Å². The van der Waals surface area contributed by atoms with E-state index in [2.05, 4.69) is 10.6 Å². The number of aryl methyl sites for hydroxylation is 1. The summed E-state index contributed by atoms with van der Waals surface area (Å²) in [7, 11) is 0. The molecule has 3 rings (SSSR count). The van der Waals surface area contributed by atoms with Crippen LogP contribution in [0.5, 0.6) is 0 Å². The molecular weight excluding hydrogens is 350 g/mol. The molecule has 3 aromatic carbocycles. The standard InChI is InChI=1S/C23H21N3O2/c1-16-9-12-19(13-10-16)25-23(28)18-6-4-5-17(15-18)11-14-22(27)26-21-8-3-2-7-20(21)24/h2-15H,24H2,1H3,(H,25,28)(H,26,27)/b14-11+. The number of carbonyl (C=O) groups is 2. The van der Waals surface area contributed by atoms with Gasteiger partial charge in [-0.1, -0.05) is 42.0 Å². The van der Waals surface area contributed by atoms with Crippen LogP contribution in [-0.2, 0) is 4.79 Å². The van der Waals surface area contributed by atoms with E-state index in [9.17, 15) is 9.59 Å². The third-order valence-electron chi connectivity index (χ3n) is 4.10. The maximum atomic E-state index is 12.4. The first-order valence-corrected chi connectivity index (χ1v) is 8.83. The van der Waals surface area contributed by atoms with Crippen molar-refractivity contribution in [2.75, 3.05) is 16.4 Å². The van der Waals surface area contributed by atoms with Gasteiger partial charge in [0.2, 0.25) is 5.91 Å². The Kier molecular flexibility index (Phi) is 5.87. The van der Waals surface area contributed by atoms with Gasteiger partial charge < -0.3 is 16.4 Å². The molecule has 0 heterocycles. The topological polar surface area (TPSA) is 84.2 Å². The molecule has 0 aliphatic heterocycles. The molecule has 0 radical (unpaired) electrons. The monoisotopic (exact) mass is 371 g/mol. The van der Waals surface area contributed by atoms with E-state index in [4.69, 9.17) is 5.73 Å². The first-order valence-electron chi connectivity index (χ1n) is 8.83. The van der Waals surface area contributed by atoms with Crippen LogP contribution in [-0.4, -0.2) is 11.8 Å². The van der Waals surface area contributed by atoms with E-state index in [1.54, 1.807) is 48.5 Å². The number of nitrogens with one attached hydrogen (secondary N) is 2. The highest BCUT2D eigenvalue weighted by molar-refractivity contribution is 6.05. The second kappa shape index (κ2) is 8.68. The Hall–Kier alpha value is -3.86. The molecule has 4 N–H and O–H groups in total. The Labute approximate surface area is 163 Å². The van der Waals surface area contributed by atoms with Crippen molar-refractivity contribution < 1.29 is 9.59 Å². The van der Waals surface area contributed by atoms with Gasteiger partial charge in [-0.3, -0.25) is 9.59 Å². The molecule has 28 heavy (non-hydrogen) atoms. The molecule has 2 amide bonds. The molecule has 0 unspecified atom stereocenters. The Morgan fingerprint density at radius 1 is 0.893 bits per heavy atom. The third-order valence-corrected chi connectivity index (χ3v) is 4.10. The molecule has 0 aromatic heterocycles. The Balaban J connectivity index is 1.66. The summed E-state index contributed by atoms with van der Waals surface area (Å²) >= 11 is 0. The van der Waals surface area contributed by atoms with Crippen LogP contribution in [0.4, 0.5) is 17.1 Å². The second-order valence-electron chi connectivity index (χ2n) is 6.36. The smallest absolute Gasteiger partial charge is 0.255 e. The summed E-state index contributed by atoms with van der Waals surface area (Å²) < 4.78 is 0. The summed E-state index contributed by atoms with van der Waals surface area (Å²) in [5, 5.41) is 5.59. The number of anilines is 3. The third kappa shape index (κ3) is 5.08. The zero-order valence-electron chi connectivity index (χ0n) is 15.5. The van der Waals surface area contributed by atoms with Crippen LogP contribution in [0.25, 0.3) is 6.08 Å². The Morgan fingerprint density at radius 3 is 2.39 bits per heavy atom. The predicted molar refractivity (Wildman–Crippen MR) is 114 cm³/mol. The molecular formula is C23H21N3O2. The van der Waals surface area contributed by atoms with Crippen LogP contribution in [0, 0.1) is 6.92 Å². The molecule has 0 saturated carbocycles. The maximum absolute atomic E-state index is 12.4. The molecule has 0 bridgehead atoms. The van der Waals surface area contributed by atoms with Crippen LogP contribution in [0.2, 0.25) is 0 Å². The minimum absolute atomic E-state index is 0.208. The molecule has 0 aliphatic rings. The van der Waals surface area contributed by atoms with Crippen LogP contribution >= 0.6 is 0 Å². The lowest BCUT2D eigenvalue weighted by molar-refractivity contribution is -0.111. The fraction of sp³-hybridized carbons (Fsp3) is 0.0435. The highest BCUT2D eigenvalue weighted by atomic mass is 16.2. The lowest BCUT2D eigenvalue weighted by Gasteiger charge is -2.07. The van der Waals surface area contributed by atoms with Gasteiger partial charge in [-0.2, -0.15) is 0 Å². The van der Waals surface area contributed by atoms with E-state index in [0.717, 1.165) is 16.8 Å². The van der Waals surface area contributed by atoms with Gasteiger partial charge in [0, 0.05) is 17.3 Å². The van der Waals surface area contributed by atoms with Gasteiger partial charge in [0.1, 0.15) is 0 Å². The molecule has 0 atom stereocenters. The van der Waals surface area contributed by atoms with Crippen molar-refractivity contribution in [3.63, 3.8) is 0 Å². The van der Waals surface area contributed by atoms with Crippen molar-refractivity contribution >= 4 is 35.0 Å². The minimum atomic E-state index is -0.299. The van der Waals surface area contributed by atoms with E-state index in [1.807, 2.05) is 37.3 Å². The molecule has 140 valence electrons. The summed E-state index contributed by atoms with van der Waals surface area (Å²) in [6.07, 6.45) is 3.06. The van der Waals surface area contributed by atoms with E-state index in [1.165, 1.54) is 6.08 Å². The first kappa shape index (κ1) is 18.9. The molecule has 0 fully saturated rings. The van der Waals surface area contributed by atoms with Gasteiger partial charge in [-0.05, 0) is 55.0 Å². The number of carbonyl (C=O) groups excluding carboxylic acids is 2. The molecule has 5 nitrogen and oxygen atoms in total. The number of hydrogen-bond acceptors (Lipinski definition) is 3. The molecule has 0 saturated heterocycles. The number of amides is 2. The normalized spacial score (nSPS) is 10.6. The first-order chi connectivity index (χ1) is 13.5. The SMILES string of the molecule is Cc1ccc(NC(=O)c2cccc(/C=C/C(=O)Nc3ccccc3N)c2)cc1. The van der Waals surface area contributed by atoms with E-state index < -0.39 is 0 Å². The van der Waals surface area contributed by atoms with Crippen LogP contribution < -0.4 is 16.4 Å². The highest BCUT2D eigenvalue weighted by Gasteiger charge is 2.06. The van der Waals surface area contributed by atoms with Crippen molar-refractivity contribution in [2.24, 2.45) is 0 Å². The van der Waals surface area contributed by atoms with Crippen LogP contribution in [0.1, 0.15) is 21.5 Å². The summed E-state index contributed by atoms with van der Waals surface area (Å²) in [5.74, 6) is -0.506. The van der Waals surface area contributed by atoms with Gasteiger partial charge in [0.05, 0.1) is 11.4 Å². The van der Waals surface area contributed by atoms with Gasteiger partial charge in [0.25, 0.3) is 5.91 Å². The number of nitrogen functional groups attached to an aromatic ring is 1. The molecule has 3 aromatic rings. The predicted octanol–water partition coefficient (Wildman–Crippen LogP) is 4.48. The van der Waals surface area contributed by atoms with Crippen molar-refractivity contribution in [3.8, 4) is 0 Å². The number of rotatable bonds is 5. The zero-order valence-corrected chi connectivity index (χ0v) is 15.5. The number of benzene rings is 3. The average Bonchev–Trinajstić information content (AvgIpc) is 2.70. The molecule has 0 aliphatic carbocycles. The van der Waals surface area contributed by atoms with Crippen LogP contribution in [0.15, 0.2) is 78.9 Å². The van der Waals surface area contributed by atoms with Gasteiger partial charge in [-0.25, -0.2) is 0 Å². The second-order valence-corrected chi connectivity index (χ2v) is 6.36. The maximum Gasteiger partial charge on any atom is 0.255 e. The van der Waals surface area contributed by atoms with Crippen molar-refractivity contribution in [1.29, 1.82) is 0 Å². The van der Waals surface area contributed by atoms with Gasteiger partial charge in [-0.15, -0.1) is 0 Å². The molecule has 0 spiro atoms. The van der Waals surface area contributed by atoms with Crippen molar-refractivity contribution in [3.05, 3.63) is 95.6 Å². The summed E-state index contributed by atoms with van der Waals surface area (Å²) in [5.41, 5.74) is 9.99. The zero-order chi connectivity index (χ0) is 19.9. The summed E-state index contributed by atoms with van der Waals surface area (Å²) in [4.78, 5) is 24.5. The van der Waals surface area contributed by atoms with Crippen molar-refractivity contribution in [2.45, 2.75) is 6.92 Å². The molecule has 5 heteroatoms. The Bertz CT molecular complexity index is 1020. The van der Waals surface area contributed by atoms with E-state index >= 15 is 0 Å². The number of hydrogen-bond donors (Lipinski definition) is 3. The highest BCUT2D eigenvalue weighted by Crippen LogP contribution is 2.17. The van der Waals surface area contributed by atoms with Gasteiger partial charge >= 0.3 is 0 Å². The summed E-state index contributed by atoms with van der Waals surface area (Å²) in [6.45, 7) is 1.99. The Morgan fingerprint density at radius 2 is 1.64 bits per heavy atom. The fourth-order valence-corrected chi connectivity index (χ4v) is 2.58. The van der Waals surface area contributed by atoms with Crippen molar-refractivity contribution in [1.82, 2.24) is 0 Å². The number of nitrogens with two attached hydrogens (primary N) is 1. The fourth-order valence-electron chi connectivity index (χ4n) is 2.58. The largest absolute Gasteiger partial charge is 0.397 e. The lowest BCUT2D eigenvalue weighted by Crippen LogP contribution is -2.12. The summed E-state index contributed by atoms with van der Waals surface area (Å²) in [6, 6.07) is 21.7. The average molecular weight is 371 g/mol. The minimum Gasteiger partial charge on any atom is -0.397 e. The van der Waals surface area contributed by atoms with E-state index in [0.29, 0.717) is 16.9 Å². The lowest BCUT2D eigenvalue weighted by atomic mass is 10.1. The van der Waals surface area contributed by atoms with E-state index in [-0.39, 0.29) is 11.8 Å².